The third-order valence-electron chi connectivity index (χ3n) is 13.5. The molecule has 0 bridgehead atoms. The highest BCUT2D eigenvalue weighted by atomic mass is 31.3. The summed E-state index contributed by atoms with van der Waals surface area (Å²) in [4.78, 5) is 62.1. The lowest BCUT2D eigenvalue weighted by molar-refractivity contribution is -0.161. The molecule has 0 spiro atoms. The van der Waals surface area contributed by atoms with Crippen LogP contribution in [-0.4, -0.2) is 96.9 Å². The lowest BCUT2D eigenvalue weighted by atomic mass is 9.99. The van der Waals surface area contributed by atoms with Crippen LogP contribution in [0.2, 0.25) is 0 Å². The van der Waals surface area contributed by atoms with Crippen LogP contribution in [0.4, 0.5) is 5.82 Å². The van der Waals surface area contributed by atoms with Crippen molar-refractivity contribution in [2.24, 2.45) is 5.92 Å². The van der Waals surface area contributed by atoms with Gasteiger partial charge in [-0.25, -0.2) is 13.9 Å². The fourth-order valence-corrected chi connectivity index (χ4v) is 10.7. The van der Waals surface area contributed by atoms with E-state index in [9.17, 15) is 48.6 Å². The number of aliphatic hydroxyl groups excluding tert-OH is 3. The second kappa shape index (κ2) is 43.4. The zero-order valence-corrected chi connectivity index (χ0v) is 49.0. The Morgan fingerprint density at radius 3 is 1.69 bits per heavy atom. The van der Waals surface area contributed by atoms with Crippen LogP contribution in [0.15, 0.2) is 65.7 Å². The molecule has 1 aromatic rings. The van der Waals surface area contributed by atoms with Gasteiger partial charge in [-0.2, -0.15) is 9.29 Å². The standard InChI is InChI=1S/C57H99N3O16P2/c1-4-47(2)38-34-30-26-22-18-14-10-7-5-6-8-12-17-21-25-29-33-37-41-53(63)74-49(44-71-52(62)40-36-32-28-24-20-16-13-9-11-15-19-23-27-31-35-39-48(3)61)45-72-77(67,68)76-78(69,70)73-46-50-54(64)55(65)56(75-50)60-43-42-51(58)59-57(60)66/h11,13,15-16,23-24,27-28,42-43,47-50,54-56,61,64-65H,4-10,12,14,17-22,25-26,29-41,44-46H2,1-3H3,(H,67,68)(H,69,70)(H2,58,59,66)/b15-11-,16-13-,27-23-,28-24-/t47?,48-,49-,50-,54-,55-,56-/m1/s1. The molecule has 3 unspecified atom stereocenters. The van der Waals surface area contributed by atoms with Crippen molar-refractivity contribution in [2.75, 3.05) is 25.6 Å². The monoisotopic (exact) mass is 1140 g/mol. The first-order valence-electron chi connectivity index (χ1n) is 29.1. The molecule has 9 atom stereocenters. The molecule has 21 heteroatoms. The predicted octanol–water partition coefficient (Wildman–Crippen LogP) is 12.1. The normalized spacial score (nSPS) is 19.7. The molecule has 7 N–H and O–H groups in total. The van der Waals surface area contributed by atoms with Gasteiger partial charge in [0.15, 0.2) is 12.3 Å². The van der Waals surface area contributed by atoms with Crippen LogP contribution in [0.5, 0.6) is 0 Å². The lowest BCUT2D eigenvalue weighted by Gasteiger charge is -2.21. The first-order valence-corrected chi connectivity index (χ1v) is 32.1. The second-order valence-electron chi connectivity index (χ2n) is 20.7. The van der Waals surface area contributed by atoms with E-state index < -0.39 is 83.7 Å². The minimum absolute atomic E-state index is 0.0343. The predicted molar refractivity (Wildman–Crippen MR) is 304 cm³/mol. The molecule has 1 saturated heterocycles. The summed E-state index contributed by atoms with van der Waals surface area (Å²) in [7, 11) is -10.9. The summed E-state index contributed by atoms with van der Waals surface area (Å²) in [6.07, 6.45) is 40.3. The summed E-state index contributed by atoms with van der Waals surface area (Å²) in [6, 6.07) is 1.25. The Hall–Kier alpha value is -3.32. The first-order chi connectivity index (χ1) is 37.4. The molecule has 0 aliphatic carbocycles. The maximum Gasteiger partial charge on any atom is 0.481 e. The van der Waals surface area contributed by atoms with Gasteiger partial charge in [0.25, 0.3) is 0 Å². The Morgan fingerprint density at radius 2 is 1.17 bits per heavy atom. The number of phosphoric acid groups is 2. The number of hydrogen-bond acceptors (Lipinski definition) is 16. The van der Waals surface area contributed by atoms with Crippen molar-refractivity contribution in [1.82, 2.24) is 9.55 Å². The SMILES string of the molecule is CCC(C)CCCCCCCCCCCCCCCCCCCCC(=O)O[C@H](COC(=O)CCC/C=C\C/C=C\C/C=C\C/C=C\CCC[C@@H](C)O)COP(=O)(O)OP(=O)(O)OC[C@H]1O[C@@H](n2ccc(N)nc2=O)[C@H](O)[C@@H]1O. The molecule has 0 saturated carbocycles. The number of ether oxygens (including phenoxy) is 3. The first kappa shape index (κ1) is 70.8. The van der Waals surface area contributed by atoms with Crippen molar-refractivity contribution in [3.63, 3.8) is 0 Å². The molecular formula is C57H99N3O16P2. The molecule has 0 amide bonds. The van der Waals surface area contributed by atoms with Gasteiger partial charge < -0.3 is 45.1 Å². The molecule has 1 aliphatic heterocycles. The number of allylic oxidation sites excluding steroid dienone is 8. The summed E-state index contributed by atoms with van der Waals surface area (Å²) in [5.41, 5.74) is 4.59. The molecular weight excluding hydrogens is 1040 g/mol. The summed E-state index contributed by atoms with van der Waals surface area (Å²) in [6.45, 7) is 4.06. The third kappa shape index (κ3) is 36.1. The van der Waals surface area contributed by atoms with Crippen molar-refractivity contribution in [2.45, 2.75) is 250 Å². The zero-order chi connectivity index (χ0) is 57.3. The summed E-state index contributed by atoms with van der Waals surface area (Å²) in [5, 5.41) is 30.3. The molecule has 2 rings (SSSR count). The topological polar surface area (TPSA) is 286 Å². The average Bonchev–Trinajstić information content (AvgIpc) is 3.67. The van der Waals surface area contributed by atoms with Gasteiger partial charge in [-0.3, -0.25) is 23.2 Å². The highest BCUT2D eigenvalue weighted by Crippen LogP contribution is 2.60. The molecule has 448 valence electrons. The van der Waals surface area contributed by atoms with Gasteiger partial charge in [0.2, 0.25) is 0 Å². The number of nitrogens with zero attached hydrogens (tertiary/aromatic N) is 2. The van der Waals surface area contributed by atoms with Crippen molar-refractivity contribution in [3.05, 3.63) is 71.4 Å². The number of aliphatic hydroxyl groups is 3. The summed E-state index contributed by atoms with van der Waals surface area (Å²) in [5.74, 6) is -0.508. The van der Waals surface area contributed by atoms with Gasteiger partial charge in [0.1, 0.15) is 30.7 Å². The Morgan fingerprint density at radius 1 is 0.679 bits per heavy atom. The number of esters is 2. The fourth-order valence-electron chi connectivity index (χ4n) is 8.60. The van der Waals surface area contributed by atoms with Gasteiger partial charge in [-0.05, 0) is 76.7 Å². The fraction of sp³-hybridized carbons (Fsp3) is 0.754. The van der Waals surface area contributed by atoms with E-state index in [0.717, 1.165) is 80.9 Å². The van der Waals surface area contributed by atoms with Crippen molar-refractivity contribution < 1.29 is 71.4 Å². The van der Waals surface area contributed by atoms with Crippen LogP contribution in [-0.2, 0) is 46.3 Å². The number of carbonyl (C=O) groups is 2. The molecule has 0 radical (unpaired) electrons. The maximum atomic E-state index is 12.9. The number of nitrogens with two attached hydrogens (primary N) is 1. The minimum atomic E-state index is -5.44. The Balaban J connectivity index is 1.76. The number of aromatic nitrogens is 2. The average molecular weight is 1140 g/mol. The van der Waals surface area contributed by atoms with Crippen LogP contribution in [0, 0.1) is 5.92 Å². The molecule has 2 heterocycles. The number of hydrogen-bond donors (Lipinski definition) is 6. The number of nitrogen functional groups attached to an aromatic ring is 1. The van der Waals surface area contributed by atoms with Crippen LogP contribution in [0.25, 0.3) is 0 Å². The number of rotatable bonds is 48. The van der Waals surface area contributed by atoms with Crippen LogP contribution in [0.3, 0.4) is 0 Å². The summed E-state index contributed by atoms with van der Waals surface area (Å²) >= 11 is 0. The van der Waals surface area contributed by atoms with Crippen molar-refractivity contribution >= 4 is 33.4 Å². The highest BCUT2D eigenvalue weighted by Gasteiger charge is 2.46. The number of unbranched alkanes of at least 4 members (excludes halogenated alkanes) is 19. The van der Waals surface area contributed by atoms with Gasteiger partial charge in [0.05, 0.1) is 19.3 Å². The molecule has 78 heavy (non-hydrogen) atoms. The van der Waals surface area contributed by atoms with E-state index in [1.54, 1.807) is 6.92 Å². The molecule has 19 nitrogen and oxygen atoms in total. The van der Waals surface area contributed by atoms with Crippen LogP contribution in [0.1, 0.15) is 220 Å². The van der Waals surface area contributed by atoms with Crippen molar-refractivity contribution in [1.29, 1.82) is 0 Å². The minimum Gasteiger partial charge on any atom is -0.462 e. The quantitative estimate of drug-likeness (QED) is 0.0153. The smallest absolute Gasteiger partial charge is 0.462 e. The molecule has 1 aromatic heterocycles. The Bertz CT molecular complexity index is 2030. The van der Waals surface area contributed by atoms with E-state index >= 15 is 0 Å². The van der Waals surface area contributed by atoms with Gasteiger partial charge in [-0.1, -0.05) is 184 Å². The maximum absolute atomic E-state index is 12.9. The van der Waals surface area contributed by atoms with Gasteiger partial charge in [-0.15, -0.1) is 0 Å². The number of anilines is 1. The van der Waals surface area contributed by atoms with Crippen molar-refractivity contribution in [3.8, 4) is 0 Å². The molecule has 0 aromatic carbocycles. The van der Waals surface area contributed by atoms with Gasteiger partial charge in [0, 0.05) is 19.0 Å². The largest absolute Gasteiger partial charge is 0.481 e. The van der Waals surface area contributed by atoms with Gasteiger partial charge >= 0.3 is 33.3 Å². The molecule has 1 aliphatic rings. The van der Waals surface area contributed by atoms with Crippen LogP contribution >= 0.6 is 15.6 Å². The molecule has 1 fully saturated rings. The Labute approximate surface area is 465 Å². The van der Waals surface area contributed by atoms with E-state index in [-0.39, 0.29) is 24.8 Å². The van der Waals surface area contributed by atoms with Crippen LogP contribution < -0.4 is 11.4 Å². The van der Waals surface area contributed by atoms with E-state index in [1.807, 2.05) is 12.2 Å². The third-order valence-corrected chi connectivity index (χ3v) is 16.1. The zero-order valence-electron chi connectivity index (χ0n) is 47.2. The van der Waals surface area contributed by atoms with E-state index in [0.29, 0.717) is 19.3 Å². The van der Waals surface area contributed by atoms with E-state index in [2.05, 4.69) is 59.6 Å². The summed E-state index contributed by atoms with van der Waals surface area (Å²) < 4.78 is 56.9. The van der Waals surface area contributed by atoms with E-state index in [4.69, 9.17) is 29.0 Å². The highest BCUT2D eigenvalue weighted by molar-refractivity contribution is 7.61. The lowest BCUT2D eigenvalue weighted by Crippen LogP contribution is -2.36. The van der Waals surface area contributed by atoms with E-state index in [1.165, 1.54) is 102 Å². The Kier molecular flexibility index (Phi) is 39.4. The number of phosphoric ester groups is 2. The number of carbonyl (C=O) groups excluding carboxylic acids is 2. The second-order valence-corrected chi connectivity index (χ2v) is 23.7.